The summed E-state index contributed by atoms with van der Waals surface area (Å²) < 4.78 is 24.3. The fraction of sp³-hybridized carbons (Fsp3) is 0.902. The molecule has 0 spiro atoms. The predicted molar refractivity (Wildman–Crippen MR) is 199 cm³/mol. The molecule has 0 amide bonds. The molecule has 4 saturated carbocycles. The fourth-order valence-electron chi connectivity index (χ4n) is 11.2. The van der Waals surface area contributed by atoms with Crippen LogP contribution in [0, 0.1) is 46.3 Å². The van der Waals surface area contributed by atoms with E-state index in [0.29, 0.717) is 38.7 Å². The summed E-state index contributed by atoms with van der Waals surface area (Å²) in [5.74, 6) is -0.00360. The molecule has 0 saturated heterocycles. The first-order valence-electron chi connectivity index (χ1n) is 20.8. The summed E-state index contributed by atoms with van der Waals surface area (Å²) in [5, 5.41) is 0. The lowest BCUT2D eigenvalue weighted by molar-refractivity contribution is -0.225. The van der Waals surface area contributed by atoms with Crippen molar-refractivity contribution in [2.24, 2.45) is 63.5 Å². The summed E-state index contributed by atoms with van der Waals surface area (Å²) in [5.41, 5.74) is 16.7. The van der Waals surface area contributed by atoms with Crippen LogP contribution in [-0.4, -0.2) is 68.4 Å². The van der Waals surface area contributed by atoms with Crippen LogP contribution in [0.2, 0.25) is 0 Å². The summed E-state index contributed by atoms with van der Waals surface area (Å²) >= 11 is 0. The van der Waals surface area contributed by atoms with Gasteiger partial charge in [0.25, 0.3) is 0 Å². The van der Waals surface area contributed by atoms with Crippen LogP contribution in [0.4, 0.5) is 0 Å². The normalized spacial score (nSPS) is 34.3. The minimum Gasteiger partial charge on any atom is -0.466 e. The molecule has 1 unspecified atom stereocenters. The maximum atomic E-state index is 13.2. The molecule has 0 heterocycles. The summed E-state index contributed by atoms with van der Waals surface area (Å²) in [4.78, 5) is 51.6. The number of ether oxygens (including phenoxy) is 4. The number of rotatable bonds is 20. The van der Waals surface area contributed by atoms with Gasteiger partial charge in [0.05, 0.1) is 25.9 Å². The molecule has 4 aliphatic carbocycles. The van der Waals surface area contributed by atoms with Crippen LogP contribution in [0.25, 0.3) is 0 Å². The quantitative estimate of drug-likeness (QED) is 0.0762. The molecule has 6 N–H and O–H groups in total. The average Bonchev–Trinajstić information content (AvgIpc) is 3.46. The molecule has 0 radical (unpaired) electrons. The van der Waals surface area contributed by atoms with E-state index in [4.69, 9.17) is 36.1 Å². The van der Waals surface area contributed by atoms with Crippen LogP contribution in [0.3, 0.4) is 0 Å². The molecule has 11 atom stereocenters. The van der Waals surface area contributed by atoms with Crippen molar-refractivity contribution < 1.29 is 38.1 Å². The zero-order valence-corrected chi connectivity index (χ0v) is 32.8. The van der Waals surface area contributed by atoms with Gasteiger partial charge in [0, 0.05) is 37.4 Å². The molecular formula is C41H71N3O8. The van der Waals surface area contributed by atoms with Crippen LogP contribution in [0.1, 0.15) is 143 Å². The van der Waals surface area contributed by atoms with Gasteiger partial charge >= 0.3 is 23.9 Å². The zero-order valence-electron chi connectivity index (χ0n) is 32.8. The third-order valence-electron chi connectivity index (χ3n) is 13.9. The van der Waals surface area contributed by atoms with Gasteiger partial charge in [-0.05, 0) is 92.8 Å². The zero-order chi connectivity index (χ0) is 37.9. The van der Waals surface area contributed by atoms with Crippen molar-refractivity contribution in [3.63, 3.8) is 0 Å². The van der Waals surface area contributed by atoms with E-state index in [1.54, 1.807) is 0 Å². The Balaban J connectivity index is 1.56. The van der Waals surface area contributed by atoms with Gasteiger partial charge in [0.1, 0.15) is 18.3 Å². The number of esters is 4. The second kappa shape index (κ2) is 19.9. The highest BCUT2D eigenvalue weighted by atomic mass is 16.6. The van der Waals surface area contributed by atoms with Crippen molar-refractivity contribution in [1.29, 1.82) is 0 Å². The standard InChI is InChI=1S/C41H71N3O8/c1-5-6-7-8-9-10-23-49-35(45)14-11-27(2)30-12-13-31-39-32(26-34(41(30,31)4)52-38(48)18-22-44)40(3)19-15-29(50-36(46)16-20-42)24-28(40)25-33(39)51-37(47)17-21-43/h27-34,39H,5-26,42-44H2,1-4H3/t27-,28+,29?,30-,31+,32+,33-,34+,39+,40+,41-/m1/s1. The Labute approximate surface area is 312 Å². The number of carbonyl (C=O) groups excluding carboxylic acids is 4. The number of hydrogen-bond donors (Lipinski definition) is 3. The maximum Gasteiger partial charge on any atom is 0.307 e. The molecule has 0 aromatic heterocycles. The second-order valence-corrected chi connectivity index (χ2v) is 17.0. The Morgan fingerprint density at radius 3 is 2.02 bits per heavy atom. The van der Waals surface area contributed by atoms with Gasteiger partial charge in [-0.25, -0.2) is 0 Å². The van der Waals surface area contributed by atoms with Crippen molar-refractivity contribution in [2.45, 2.75) is 162 Å². The van der Waals surface area contributed by atoms with Crippen LogP contribution >= 0.6 is 0 Å². The van der Waals surface area contributed by atoms with Gasteiger partial charge in [0.2, 0.25) is 0 Å². The summed E-state index contributed by atoms with van der Waals surface area (Å²) in [6.07, 6.45) is 13.2. The Bertz CT molecular complexity index is 1180. The first-order chi connectivity index (χ1) is 24.9. The van der Waals surface area contributed by atoms with E-state index in [1.807, 2.05) is 0 Å². The summed E-state index contributed by atoms with van der Waals surface area (Å²) in [6.45, 7) is 10.3. The Morgan fingerprint density at radius 2 is 1.35 bits per heavy atom. The Hall–Kier alpha value is -2.24. The van der Waals surface area contributed by atoms with Crippen LogP contribution in [0.5, 0.6) is 0 Å². The third-order valence-corrected chi connectivity index (χ3v) is 13.9. The average molecular weight is 734 g/mol. The van der Waals surface area contributed by atoms with Gasteiger partial charge in [-0.3, -0.25) is 19.2 Å². The number of unbranched alkanes of at least 4 members (excludes halogenated alkanes) is 5. The van der Waals surface area contributed by atoms with E-state index in [1.165, 1.54) is 25.7 Å². The highest BCUT2D eigenvalue weighted by Gasteiger charge is 2.67. The fourth-order valence-corrected chi connectivity index (χ4v) is 11.2. The first kappa shape index (κ1) is 42.5. The molecule has 298 valence electrons. The molecule has 4 aliphatic rings. The number of hydrogen-bond acceptors (Lipinski definition) is 11. The largest absolute Gasteiger partial charge is 0.466 e. The molecule has 4 rings (SSSR count). The summed E-state index contributed by atoms with van der Waals surface area (Å²) in [7, 11) is 0. The van der Waals surface area contributed by atoms with E-state index >= 15 is 0 Å². The van der Waals surface area contributed by atoms with Gasteiger partial charge in [-0.15, -0.1) is 0 Å². The van der Waals surface area contributed by atoms with Gasteiger partial charge < -0.3 is 36.1 Å². The molecule has 0 aliphatic heterocycles. The van der Waals surface area contributed by atoms with Gasteiger partial charge in [0.15, 0.2) is 0 Å². The lowest BCUT2D eigenvalue weighted by atomic mass is 9.43. The highest BCUT2D eigenvalue weighted by Crippen LogP contribution is 2.69. The van der Waals surface area contributed by atoms with Crippen LogP contribution in [0.15, 0.2) is 0 Å². The van der Waals surface area contributed by atoms with Crippen LogP contribution in [-0.2, 0) is 38.1 Å². The first-order valence-corrected chi connectivity index (χ1v) is 20.8. The summed E-state index contributed by atoms with van der Waals surface area (Å²) in [6, 6.07) is 0. The minimum absolute atomic E-state index is 0.0910. The lowest BCUT2D eigenvalue weighted by Crippen LogP contribution is -2.63. The van der Waals surface area contributed by atoms with E-state index in [9.17, 15) is 19.2 Å². The highest BCUT2D eigenvalue weighted by molar-refractivity contribution is 5.71. The van der Waals surface area contributed by atoms with Gasteiger partial charge in [-0.1, -0.05) is 59.8 Å². The van der Waals surface area contributed by atoms with Crippen molar-refractivity contribution in [1.82, 2.24) is 0 Å². The van der Waals surface area contributed by atoms with E-state index in [2.05, 4.69) is 27.7 Å². The molecule has 11 heteroatoms. The molecule has 0 bridgehead atoms. The molecular weight excluding hydrogens is 662 g/mol. The number of fused-ring (bicyclic) bond motifs is 5. The minimum atomic E-state index is -0.371. The number of nitrogens with two attached hydrogens (primary N) is 3. The molecule has 0 aromatic carbocycles. The van der Waals surface area contributed by atoms with Crippen molar-refractivity contribution in [3.05, 3.63) is 0 Å². The lowest BCUT2D eigenvalue weighted by Gasteiger charge is -2.64. The SMILES string of the molecule is CCCCCCCCOC(=O)CC[C@@H](C)[C@H]1CC[C@H]2[C@@H]3[C@H](OC(=O)CCN)C[C@@H]4CC(OC(=O)CCN)CC[C@]4(C)[C@H]3C[C@H](OC(=O)CCN)[C@]12C. The van der Waals surface area contributed by atoms with Crippen molar-refractivity contribution >= 4 is 23.9 Å². The maximum absolute atomic E-state index is 13.2. The monoisotopic (exact) mass is 734 g/mol. The Kier molecular flexibility index (Phi) is 16.3. The smallest absolute Gasteiger partial charge is 0.307 e. The van der Waals surface area contributed by atoms with Crippen molar-refractivity contribution in [2.75, 3.05) is 26.2 Å². The van der Waals surface area contributed by atoms with Crippen molar-refractivity contribution in [3.8, 4) is 0 Å². The van der Waals surface area contributed by atoms with E-state index in [-0.39, 0.29) is 127 Å². The van der Waals surface area contributed by atoms with E-state index in [0.717, 1.165) is 38.5 Å². The van der Waals surface area contributed by atoms with Gasteiger partial charge in [-0.2, -0.15) is 0 Å². The molecule has 4 fully saturated rings. The van der Waals surface area contributed by atoms with Crippen LogP contribution < -0.4 is 17.2 Å². The Morgan fingerprint density at radius 1 is 0.712 bits per heavy atom. The number of carbonyl (C=O) groups is 4. The molecule has 52 heavy (non-hydrogen) atoms. The molecule has 0 aromatic rings. The van der Waals surface area contributed by atoms with E-state index < -0.39 is 0 Å². The predicted octanol–water partition coefficient (Wildman–Crippen LogP) is 5.97. The third kappa shape index (κ3) is 10.1. The second-order valence-electron chi connectivity index (χ2n) is 17.0. The molecule has 11 nitrogen and oxygen atoms in total. The topological polar surface area (TPSA) is 183 Å².